The van der Waals surface area contributed by atoms with Crippen LogP contribution in [0.1, 0.15) is 10.4 Å². The maximum atomic E-state index is 13.7. The summed E-state index contributed by atoms with van der Waals surface area (Å²) in [6, 6.07) is 4.11. The number of rotatable bonds is 1. The number of Topliss-reactive ketones (excluding diaryl/α,β-unsaturated/α-hetero) is 1. The molecule has 3 rings (SSSR count). The largest absolute Gasteiger partial charge is 0.481 e. The smallest absolute Gasteiger partial charge is 0.316 e. The molecule has 2 aliphatic rings. The number of fused-ring (bicyclic) bond motifs is 2. The summed E-state index contributed by atoms with van der Waals surface area (Å²) in [5.41, 5.74) is 0.390. The summed E-state index contributed by atoms with van der Waals surface area (Å²) >= 11 is 0. The van der Waals surface area contributed by atoms with Gasteiger partial charge in [-0.05, 0) is 18.2 Å². The first-order valence-corrected chi connectivity index (χ1v) is 5.63. The minimum absolute atomic E-state index is 0.0822. The Bertz CT molecular complexity index is 701. The van der Waals surface area contributed by atoms with E-state index >= 15 is 0 Å². The maximum Gasteiger partial charge on any atom is 0.316 e. The van der Waals surface area contributed by atoms with Crippen molar-refractivity contribution < 1.29 is 19.1 Å². The highest BCUT2D eigenvalue weighted by atomic mass is 19.1. The molecule has 1 N–H and O–H groups in total. The van der Waals surface area contributed by atoms with E-state index in [-0.39, 0.29) is 22.5 Å². The summed E-state index contributed by atoms with van der Waals surface area (Å²) in [5.74, 6) is -3.16. The van der Waals surface area contributed by atoms with Gasteiger partial charge >= 0.3 is 5.97 Å². The van der Waals surface area contributed by atoms with Gasteiger partial charge in [0.05, 0.1) is 11.3 Å². The maximum absolute atomic E-state index is 13.7. The van der Waals surface area contributed by atoms with Crippen molar-refractivity contribution in [2.24, 2.45) is 10.9 Å². The van der Waals surface area contributed by atoms with Gasteiger partial charge in [-0.2, -0.15) is 0 Å². The van der Waals surface area contributed by atoms with Gasteiger partial charge in [-0.15, -0.1) is 0 Å². The molecule has 0 saturated heterocycles. The average molecular weight is 257 g/mol. The third-order valence-corrected chi connectivity index (χ3v) is 3.11. The molecule has 1 heterocycles. The van der Waals surface area contributed by atoms with E-state index in [1.54, 1.807) is 0 Å². The molecule has 0 aromatic heterocycles. The molecule has 1 aliphatic carbocycles. The van der Waals surface area contributed by atoms with Gasteiger partial charge in [-0.25, -0.2) is 9.38 Å². The van der Waals surface area contributed by atoms with Crippen LogP contribution in [0.5, 0.6) is 0 Å². The van der Waals surface area contributed by atoms with Crippen molar-refractivity contribution in [3.05, 3.63) is 53.4 Å². The Hall–Kier alpha value is -2.56. The Labute approximate surface area is 107 Å². The molecule has 19 heavy (non-hydrogen) atoms. The quantitative estimate of drug-likeness (QED) is 0.839. The standard InChI is InChI=1S/C14H8FNO3/c15-10-6-2-4-8-12(10)16-11-7(13(8)17)3-1-5-9(11)14(18)19/h1-6,9H,(H,18,19). The molecule has 1 atom stereocenters. The van der Waals surface area contributed by atoms with Crippen LogP contribution in [0.25, 0.3) is 0 Å². The number of ketones is 1. The number of nitrogens with zero attached hydrogens (tertiary/aromatic N) is 1. The lowest BCUT2D eigenvalue weighted by atomic mass is 9.84. The second-order valence-electron chi connectivity index (χ2n) is 4.24. The van der Waals surface area contributed by atoms with Gasteiger partial charge in [0.15, 0.2) is 5.78 Å². The topological polar surface area (TPSA) is 66.7 Å². The third kappa shape index (κ3) is 1.62. The fraction of sp³-hybridized carbons (Fsp3) is 0.0714. The van der Waals surface area contributed by atoms with Crippen molar-refractivity contribution >= 4 is 23.2 Å². The summed E-state index contributed by atoms with van der Waals surface area (Å²) in [4.78, 5) is 27.4. The van der Waals surface area contributed by atoms with Crippen molar-refractivity contribution in [3.63, 3.8) is 0 Å². The first-order chi connectivity index (χ1) is 9.09. The molecule has 0 spiro atoms. The zero-order valence-electron chi connectivity index (χ0n) is 9.63. The number of halogens is 1. The number of para-hydroxylation sites is 1. The van der Waals surface area contributed by atoms with Crippen LogP contribution in [0.4, 0.5) is 10.1 Å². The van der Waals surface area contributed by atoms with Crippen molar-refractivity contribution in [1.29, 1.82) is 0 Å². The first kappa shape index (κ1) is 11.5. The summed E-state index contributed by atoms with van der Waals surface area (Å²) in [6.07, 6.45) is 4.44. The van der Waals surface area contributed by atoms with Gasteiger partial charge < -0.3 is 5.11 Å². The second kappa shape index (κ2) is 3.98. The van der Waals surface area contributed by atoms with Crippen LogP contribution < -0.4 is 0 Å². The van der Waals surface area contributed by atoms with Crippen LogP contribution in [0.2, 0.25) is 0 Å². The van der Waals surface area contributed by atoms with Crippen LogP contribution in [-0.2, 0) is 4.79 Å². The normalized spacial score (nSPS) is 20.3. The number of carboxylic acid groups (broad SMARTS) is 1. The van der Waals surface area contributed by atoms with E-state index in [1.165, 1.54) is 36.4 Å². The SMILES string of the molecule is O=C1C2=CC=CC(C(=O)O)C2=Nc2c(F)cccc21. The number of allylic oxidation sites excluding steroid dienone is 3. The summed E-state index contributed by atoms with van der Waals surface area (Å²) in [6.45, 7) is 0. The van der Waals surface area contributed by atoms with E-state index in [4.69, 9.17) is 5.11 Å². The monoisotopic (exact) mass is 257 g/mol. The molecule has 0 saturated carbocycles. The fourth-order valence-electron chi connectivity index (χ4n) is 2.21. The van der Waals surface area contributed by atoms with E-state index in [2.05, 4.69) is 4.99 Å². The first-order valence-electron chi connectivity index (χ1n) is 5.63. The highest BCUT2D eigenvalue weighted by Crippen LogP contribution is 2.34. The van der Waals surface area contributed by atoms with E-state index in [0.717, 1.165) is 0 Å². The van der Waals surface area contributed by atoms with E-state index in [9.17, 15) is 14.0 Å². The molecule has 1 aromatic carbocycles. The molecule has 0 bridgehead atoms. The summed E-state index contributed by atoms with van der Waals surface area (Å²) in [7, 11) is 0. The highest BCUT2D eigenvalue weighted by Gasteiger charge is 2.35. The number of hydrogen-bond donors (Lipinski definition) is 1. The number of benzene rings is 1. The Morgan fingerprint density at radius 1 is 1.37 bits per heavy atom. The van der Waals surface area contributed by atoms with Crippen molar-refractivity contribution in [2.75, 3.05) is 0 Å². The Morgan fingerprint density at radius 3 is 2.89 bits per heavy atom. The van der Waals surface area contributed by atoms with Gasteiger partial charge in [-0.3, -0.25) is 9.59 Å². The molecule has 0 amide bonds. The number of aliphatic imine (C=N–C) groups is 1. The molecular formula is C14H8FNO3. The molecule has 5 heteroatoms. The van der Waals surface area contributed by atoms with Crippen molar-refractivity contribution in [3.8, 4) is 0 Å². The Kier molecular flexibility index (Phi) is 2.41. The van der Waals surface area contributed by atoms with Gasteiger partial charge in [0, 0.05) is 5.57 Å². The summed E-state index contributed by atoms with van der Waals surface area (Å²) in [5, 5.41) is 9.12. The number of carbonyl (C=O) groups is 2. The molecule has 1 unspecified atom stereocenters. The van der Waals surface area contributed by atoms with E-state index in [1.807, 2.05) is 0 Å². The molecule has 0 radical (unpaired) electrons. The minimum Gasteiger partial charge on any atom is -0.481 e. The summed E-state index contributed by atoms with van der Waals surface area (Å²) < 4.78 is 13.7. The average Bonchev–Trinajstić information content (AvgIpc) is 2.39. The Morgan fingerprint density at radius 2 is 2.16 bits per heavy atom. The van der Waals surface area contributed by atoms with Crippen molar-refractivity contribution in [1.82, 2.24) is 0 Å². The molecule has 4 nitrogen and oxygen atoms in total. The van der Waals surface area contributed by atoms with Crippen LogP contribution in [0.15, 0.2) is 47.0 Å². The lowest BCUT2D eigenvalue weighted by Gasteiger charge is -2.22. The predicted octanol–water partition coefficient (Wildman–Crippen LogP) is 2.29. The van der Waals surface area contributed by atoms with E-state index < -0.39 is 23.5 Å². The zero-order valence-corrected chi connectivity index (χ0v) is 9.63. The number of hydrogen-bond acceptors (Lipinski definition) is 3. The van der Waals surface area contributed by atoms with Crippen molar-refractivity contribution in [2.45, 2.75) is 0 Å². The van der Waals surface area contributed by atoms with Gasteiger partial charge in [0.1, 0.15) is 17.4 Å². The lowest BCUT2D eigenvalue weighted by molar-refractivity contribution is -0.138. The van der Waals surface area contributed by atoms with Gasteiger partial charge in [-0.1, -0.05) is 18.2 Å². The lowest BCUT2D eigenvalue weighted by Crippen LogP contribution is -2.30. The van der Waals surface area contributed by atoms with Gasteiger partial charge in [0.2, 0.25) is 0 Å². The molecule has 1 aliphatic heterocycles. The molecule has 1 aromatic rings. The zero-order chi connectivity index (χ0) is 13.6. The van der Waals surface area contributed by atoms with Crippen LogP contribution in [0, 0.1) is 11.7 Å². The molecule has 94 valence electrons. The number of carboxylic acids is 1. The van der Waals surface area contributed by atoms with Crippen LogP contribution in [0.3, 0.4) is 0 Å². The number of aliphatic carboxylic acids is 1. The predicted molar refractivity (Wildman–Crippen MR) is 66.2 cm³/mol. The molecule has 0 fully saturated rings. The molecular weight excluding hydrogens is 249 g/mol. The van der Waals surface area contributed by atoms with Crippen LogP contribution >= 0.6 is 0 Å². The Balaban J connectivity index is 2.26. The minimum atomic E-state index is -1.12. The van der Waals surface area contributed by atoms with Gasteiger partial charge in [0.25, 0.3) is 0 Å². The third-order valence-electron chi connectivity index (χ3n) is 3.11. The van der Waals surface area contributed by atoms with E-state index in [0.29, 0.717) is 0 Å². The second-order valence-corrected chi connectivity index (χ2v) is 4.24. The highest BCUT2D eigenvalue weighted by molar-refractivity contribution is 6.35. The fourth-order valence-corrected chi connectivity index (χ4v) is 2.21. The van der Waals surface area contributed by atoms with Crippen LogP contribution in [-0.4, -0.2) is 22.6 Å². The number of carbonyl (C=O) groups excluding carboxylic acids is 1.